The number of rotatable bonds is 6. The fraction of sp³-hybridized carbons (Fsp3) is 0.190. The summed E-state index contributed by atoms with van der Waals surface area (Å²) in [6, 6.07) is 22.7. The zero-order valence-corrected chi connectivity index (χ0v) is 15.4. The third-order valence-corrected chi connectivity index (χ3v) is 4.90. The van der Waals surface area contributed by atoms with Crippen LogP contribution in [0.5, 0.6) is 0 Å². The number of carbonyl (C=O) groups is 1. The molecule has 4 heteroatoms. The van der Waals surface area contributed by atoms with E-state index in [4.69, 9.17) is 0 Å². The smallest absolute Gasteiger partial charge is 0.279 e. The first-order valence-electron chi connectivity index (χ1n) is 8.37. The number of thioether (sulfide) groups is 1. The van der Waals surface area contributed by atoms with Crippen LogP contribution in [0.15, 0.2) is 71.6 Å². The van der Waals surface area contributed by atoms with Crippen LogP contribution in [0.3, 0.4) is 0 Å². The van der Waals surface area contributed by atoms with Gasteiger partial charge in [0, 0.05) is 16.1 Å². The summed E-state index contributed by atoms with van der Waals surface area (Å²) in [6.45, 7) is 1.27. The van der Waals surface area contributed by atoms with E-state index in [2.05, 4.69) is 48.0 Å². The molecule has 1 atom stereocenters. The van der Waals surface area contributed by atoms with Gasteiger partial charge < -0.3 is 10.2 Å². The van der Waals surface area contributed by atoms with Crippen molar-refractivity contribution in [3.05, 3.63) is 72.3 Å². The van der Waals surface area contributed by atoms with Crippen LogP contribution in [-0.4, -0.2) is 25.8 Å². The summed E-state index contributed by atoms with van der Waals surface area (Å²) in [4.78, 5) is 14.7. The molecule has 0 aliphatic carbocycles. The zero-order valence-electron chi connectivity index (χ0n) is 14.6. The van der Waals surface area contributed by atoms with E-state index in [-0.39, 0.29) is 5.91 Å². The Labute approximate surface area is 153 Å². The second-order valence-electron chi connectivity index (χ2n) is 6.27. The highest BCUT2D eigenvalue weighted by Crippen LogP contribution is 2.18. The number of fused-ring (bicyclic) bond motifs is 1. The van der Waals surface area contributed by atoms with Crippen LogP contribution >= 0.6 is 11.8 Å². The molecule has 3 aromatic carbocycles. The molecule has 25 heavy (non-hydrogen) atoms. The van der Waals surface area contributed by atoms with Crippen molar-refractivity contribution in [2.45, 2.75) is 11.4 Å². The van der Waals surface area contributed by atoms with Gasteiger partial charge in [0.1, 0.15) is 6.54 Å². The zero-order chi connectivity index (χ0) is 17.6. The van der Waals surface area contributed by atoms with Crippen molar-refractivity contribution < 1.29 is 9.69 Å². The van der Waals surface area contributed by atoms with Crippen molar-refractivity contribution in [1.29, 1.82) is 0 Å². The first-order valence-corrected chi connectivity index (χ1v) is 9.59. The van der Waals surface area contributed by atoms with Gasteiger partial charge in [-0.1, -0.05) is 42.5 Å². The largest absolute Gasteiger partial charge is 0.326 e. The van der Waals surface area contributed by atoms with Gasteiger partial charge in [-0.25, -0.2) is 0 Å². The number of anilines is 1. The minimum Gasteiger partial charge on any atom is -0.326 e. The van der Waals surface area contributed by atoms with Gasteiger partial charge in [0.25, 0.3) is 5.91 Å². The minimum atomic E-state index is 0.0357. The van der Waals surface area contributed by atoms with Crippen molar-refractivity contribution in [2.75, 3.05) is 25.2 Å². The van der Waals surface area contributed by atoms with Gasteiger partial charge in [-0.05, 0) is 41.3 Å². The van der Waals surface area contributed by atoms with Crippen LogP contribution in [-0.2, 0) is 11.3 Å². The molecule has 3 aromatic rings. The lowest BCUT2D eigenvalue weighted by Gasteiger charge is -2.14. The number of hydrogen-bond donors (Lipinski definition) is 2. The molecule has 0 bridgehead atoms. The summed E-state index contributed by atoms with van der Waals surface area (Å²) < 4.78 is 0. The molecule has 0 aliphatic rings. The van der Waals surface area contributed by atoms with Gasteiger partial charge in [0.05, 0.1) is 7.05 Å². The van der Waals surface area contributed by atoms with E-state index in [9.17, 15) is 4.79 Å². The van der Waals surface area contributed by atoms with Crippen molar-refractivity contribution in [2.24, 2.45) is 0 Å². The highest BCUT2D eigenvalue weighted by molar-refractivity contribution is 7.98. The average Bonchev–Trinajstić information content (AvgIpc) is 2.62. The molecule has 0 spiro atoms. The van der Waals surface area contributed by atoms with Gasteiger partial charge in [-0.15, -0.1) is 11.8 Å². The molecule has 0 saturated carbocycles. The van der Waals surface area contributed by atoms with Crippen LogP contribution in [0.25, 0.3) is 10.8 Å². The normalized spacial score (nSPS) is 12.1. The fourth-order valence-electron chi connectivity index (χ4n) is 2.90. The van der Waals surface area contributed by atoms with Crippen LogP contribution < -0.4 is 10.2 Å². The molecular formula is C21H23N2OS+. The molecule has 1 amide bonds. The summed E-state index contributed by atoms with van der Waals surface area (Å²) in [5.74, 6) is 0.0357. The highest BCUT2D eigenvalue weighted by atomic mass is 32.2. The summed E-state index contributed by atoms with van der Waals surface area (Å²) in [5.41, 5.74) is 2.09. The number of likely N-dealkylation sites (N-methyl/N-ethyl adjacent to an activating group) is 1. The Kier molecular flexibility index (Phi) is 5.74. The lowest BCUT2D eigenvalue weighted by Crippen LogP contribution is -3.08. The number of benzene rings is 3. The quantitative estimate of drug-likeness (QED) is 0.669. The van der Waals surface area contributed by atoms with E-state index in [1.54, 1.807) is 11.8 Å². The predicted octanol–water partition coefficient (Wildman–Crippen LogP) is 3.22. The molecule has 1 unspecified atom stereocenters. The molecule has 0 fully saturated rings. The Balaban J connectivity index is 1.56. The van der Waals surface area contributed by atoms with Crippen molar-refractivity contribution >= 4 is 34.1 Å². The molecule has 0 aliphatic heterocycles. The maximum absolute atomic E-state index is 12.3. The maximum atomic E-state index is 12.3. The van der Waals surface area contributed by atoms with Gasteiger partial charge >= 0.3 is 0 Å². The third-order valence-electron chi connectivity index (χ3n) is 4.16. The average molecular weight is 351 g/mol. The van der Waals surface area contributed by atoms with Crippen LogP contribution in [0, 0.1) is 0 Å². The van der Waals surface area contributed by atoms with Crippen LogP contribution in [0.1, 0.15) is 5.56 Å². The van der Waals surface area contributed by atoms with Gasteiger partial charge in [-0.2, -0.15) is 0 Å². The molecule has 3 nitrogen and oxygen atoms in total. The SMILES string of the molecule is CSc1ccc(C[NH+](C)CC(=O)Nc2ccc3ccccc3c2)cc1. The van der Waals surface area contributed by atoms with E-state index < -0.39 is 0 Å². The first kappa shape index (κ1) is 17.5. The Morgan fingerprint density at radius 2 is 1.72 bits per heavy atom. The number of amides is 1. The molecule has 0 radical (unpaired) electrons. The van der Waals surface area contributed by atoms with E-state index >= 15 is 0 Å². The Morgan fingerprint density at radius 3 is 2.44 bits per heavy atom. The van der Waals surface area contributed by atoms with Crippen LogP contribution in [0.2, 0.25) is 0 Å². The number of quaternary nitrogens is 1. The monoisotopic (exact) mass is 351 g/mol. The van der Waals surface area contributed by atoms with E-state index in [1.807, 2.05) is 37.4 Å². The van der Waals surface area contributed by atoms with Gasteiger partial charge in [0.15, 0.2) is 6.54 Å². The molecule has 0 aromatic heterocycles. The molecule has 2 N–H and O–H groups in total. The molecule has 0 heterocycles. The number of hydrogen-bond acceptors (Lipinski definition) is 2. The van der Waals surface area contributed by atoms with E-state index in [0.717, 1.165) is 22.5 Å². The topological polar surface area (TPSA) is 33.5 Å². The van der Waals surface area contributed by atoms with Crippen molar-refractivity contribution in [3.63, 3.8) is 0 Å². The number of nitrogens with one attached hydrogen (secondary N) is 2. The fourth-order valence-corrected chi connectivity index (χ4v) is 3.31. The second-order valence-corrected chi connectivity index (χ2v) is 7.15. The standard InChI is InChI=1S/C21H22N2OS/c1-23(14-16-7-11-20(25-2)12-8-16)15-21(24)22-19-10-9-17-5-3-4-6-18(17)13-19/h3-13H,14-15H2,1-2H3,(H,22,24)/p+1. The maximum Gasteiger partial charge on any atom is 0.279 e. The summed E-state index contributed by atoms with van der Waals surface area (Å²) in [7, 11) is 2.04. The molecule has 128 valence electrons. The predicted molar refractivity (Wildman–Crippen MR) is 106 cm³/mol. The lowest BCUT2D eigenvalue weighted by atomic mass is 10.1. The summed E-state index contributed by atoms with van der Waals surface area (Å²) in [6.07, 6.45) is 2.07. The van der Waals surface area contributed by atoms with Gasteiger partial charge in [0.2, 0.25) is 0 Å². The molecular weight excluding hydrogens is 328 g/mol. The third kappa shape index (κ3) is 4.84. The van der Waals surface area contributed by atoms with E-state index in [0.29, 0.717) is 6.54 Å². The first-order chi connectivity index (χ1) is 12.1. The molecule has 0 saturated heterocycles. The number of carbonyl (C=O) groups excluding carboxylic acids is 1. The minimum absolute atomic E-state index is 0.0357. The Bertz CT molecular complexity index is 861. The lowest BCUT2D eigenvalue weighted by molar-refractivity contribution is -0.885. The highest BCUT2D eigenvalue weighted by Gasteiger charge is 2.11. The Morgan fingerprint density at radius 1 is 1.00 bits per heavy atom. The van der Waals surface area contributed by atoms with Crippen molar-refractivity contribution in [3.8, 4) is 0 Å². The summed E-state index contributed by atoms with van der Waals surface area (Å²) >= 11 is 1.74. The van der Waals surface area contributed by atoms with E-state index in [1.165, 1.54) is 15.8 Å². The Hall–Kier alpha value is -2.30. The van der Waals surface area contributed by atoms with Crippen molar-refractivity contribution in [1.82, 2.24) is 0 Å². The second kappa shape index (κ2) is 8.19. The van der Waals surface area contributed by atoms with Crippen LogP contribution in [0.4, 0.5) is 5.69 Å². The summed E-state index contributed by atoms with van der Waals surface area (Å²) in [5, 5.41) is 5.32. The molecule has 3 rings (SSSR count). The van der Waals surface area contributed by atoms with Gasteiger partial charge in [-0.3, -0.25) is 4.79 Å².